The van der Waals surface area contributed by atoms with E-state index >= 15 is 0 Å². The molecule has 0 bridgehead atoms. The molecule has 2 N–H and O–H groups in total. The van der Waals surface area contributed by atoms with Gasteiger partial charge >= 0.3 is 6.18 Å². The summed E-state index contributed by atoms with van der Waals surface area (Å²) >= 11 is 0. The molecule has 1 nitrogen and oxygen atoms in total. The summed E-state index contributed by atoms with van der Waals surface area (Å²) in [6.45, 7) is 0.617. The molecule has 1 aromatic rings. The zero-order valence-corrected chi connectivity index (χ0v) is 10.9. The van der Waals surface area contributed by atoms with Gasteiger partial charge in [-0.15, -0.1) is 0 Å². The van der Waals surface area contributed by atoms with Crippen LogP contribution in [-0.2, 0) is 6.18 Å². The molecule has 19 heavy (non-hydrogen) atoms. The van der Waals surface area contributed by atoms with Crippen LogP contribution >= 0.6 is 0 Å². The van der Waals surface area contributed by atoms with Gasteiger partial charge in [-0.2, -0.15) is 13.2 Å². The summed E-state index contributed by atoms with van der Waals surface area (Å²) in [5.41, 5.74) is 6.25. The number of benzene rings is 1. The Hall–Kier alpha value is -1.03. The Morgan fingerprint density at radius 2 is 1.63 bits per heavy atom. The summed E-state index contributed by atoms with van der Waals surface area (Å²) in [5, 5.41) is 0. The first-order valence-electron chi connectivity index (χ1n) is 6.89. The summed E-state index contributed by atoms with van der Waals surface area (Å²) in [4.78, 5) is 0. The molecular formula is C15H20F3N. The predicted molar refractivity (Wildman–Crippen MR) is 69.8 cm³/mol. The lowest BCUT2D eigenvalue weighted by Gasteiger charge is -2.24. The molecule has 1 aliphatic carbocycles. The minimum absolute atomic E-state index is 0.315. The summed E-state index contributed by atoms with van der Waals surface area (Å²) in [6.07, 6.45) is 1.39. The van der Waals surface area contributed by atoms with Crippen LogP contribution in [0.3, 0.4) is 0 Å². The lowest BCUT2D eigenvalue weighted by molar-refractivity contribution is -0.137. The van der Waals surface area contributed by atoms with E-state index in [1.807, 2.05) is 0 Å². The van der Waals surface area contributed by atoms with Gasteiger partial charge in [0, 0.05) is 0 Å². The molecule has 0 saturated heterocycles. The van der Waals surface area contributed by atoms with Gasteiger partial charge in [-0.05, 0) is 48.9 Å². The van der Waals surface area contributed by atoms with Crippen LogP contribution in [0.4, 0.5) is 13.2 Å². The van der Waals surface area contributed by atoms with E-state index in [0.717, 1.165) is 24.8 Å². The van der Waals surface area contributed by atoms with E-state index in [0.29, 0.717) is 18.4 Å². The number of rotatable bonds is 2. The minimum Gasteiger partial charge on any atom is -0.330 e. The van der Waals surface area contributed by atoms with Gasteiger partial charge < -0.3 is 5.73 Å². The number of alkyl halides is 3. The van der Waals surface area contributed by atoms with Gasteiger partial charge in [0.2, 0.25) is 0 Å². The molecule has 1 aliphatic rings. The molecule has 2 unspecified atom stereocenters. The van der Waals surface area contributed by atoms with Crippen molar-refractivity contribution in [3.8, 4) is 0 Å². The first-order chi connectivity index (χ1) is 9.02. The fourth-order valence-corrected chi connectivity index (χ4v) is 3.02. The fraction of sp³-hybridized carbons (Fsp3) is 0.600. The van der Waals surface area contributed by atoms with Crippen LogP contribution in [0.25, 0.3) is 0 Å². The lowest BCUT2D eigenvalue weighted by Crippen LogP contribution is -2.21. The molecule has 2 atom stereocenters. The number of hydrogen-bond acceptors (Lipinski definition) is 1. The summed E-state index contributed by atoms with van der Waals surface area (Å²) in [5.74, 6) is 0.717. The van der Waals surface area contributed by atoms with Crippen molar-refractivity contribution >= 4 is 0 Å². The molecule has 2 rings (SSSR count). The van der Waals surface area contributed by atoms with Crippen molar-refractivity contribution in [2.24, 2.45) is 11.7 Å². The van der Waals surface area contributed by atoms with Crippen LogP contribution < -0.4 is 5.73 Å². The molecule has 0 aliphatic heterocycles. The third-order valence-corrected chi connectivity index (χ3v) is 4.13. The van der Waals surface area contributed by atoms with E-state index in [4.69, 9.17) is 5.73 Å². The monoisotopic (exact) mass is 271 g/mol. The van der Waals surface area contributed by atoms with Gasteiger partial charge in [0.15, 0.2) is 0 Å². The van der Waals surface area contributed by atoms with Crippen molar-refractivity contribution in [3.05, 3.63) is 35.4 Å². The molecule has 4 heteroatoms. The van der Waals surface area contributed by atoms with Gasteiger partial charge in [-0.1, -0.05) is 31.4 Å². The molecule has 0 amide bonds. The van der Waals surface area contributed by atoms with E-state index in [1.165, 1.54) is 25.0 Å². The second-order valence-electron chi connectivity index (χ2n) is 5.36. The second-order valence-corrected chi connectivity index (χ2v) is 5.36. The highest BCUT2D eigenvalue weighted by atomic mass is 19.4. The Bertz CT molecular complexity index is 397. The standard InChI is InChI=1S/C15H20F3N/c16-15(17,18)13-8-6-11(7-9-13)14-5-3-1-2-4-12(14)10-19/h6-9,12,14H,1-5,10,19H2. The topological polar surface area (TPSA) is 26.0 Å². The van der Waals surface area contributed by atoms with Crippen molar-refractivity contribution in [2.75, 3.05) is 6.54 Å². The highest BCUT2D eigenvalue weighted by molar-refractivity contribution is 5.27. The third-order valence-electron chi connectivity index (χ3n) is 4.13. The van der Waals surface area contributed by atoms with E-state index in [1.54, 1.807) is 12.1 Å². The molecule has 106 valence electrons. The van der Waals surface area contributed by atoms with Crippen LogP contribution in [0.15, 0.2) is 24.3 Å². The van der Waals surface area contributed by atoms with Gasteiger partial charge in [0.25, 0.3) is 0 Å². The normalized spacial score (nSPS) is 25.1. The summed E-state index contributed by atoms with van der Waals surface area (Å²) < 4.78 is 37.6. The molecule has 0 spiro atoms. The van der Waals surface area contributed by atoms with E-state index < -0.39 is 11.7 Å². The van der Waals surface area contributed by atoms with Gasteiger partial charge in [0.1, 0.15) is 0 Å². The smallest absolute Gasteiger partial charge is 0.330 e. The largest absolute Gasteiger partial charge is 0.416 e. The highest BCUT2D eigenvalue weighted by Gasteiger charge is 2.31. The minimum atomic E-state index is -4.25. The first kappa shape index (κ1) is 14.4. The predicted octanol–water partition coefficient (Wildman–Crippen LogP) is 4.33. The summed E-state index contributed by atoms with van der Waals surface area (Å²) in [7, 11) is 0. The highest BCUT2D eigenvalue weighted by Crippen LogP contribution is 2.37. The van der Waals surface area contributed by atoms with E-state index in [2.05, 4.69) is 0 Å². The van der Waals surface area contributed by atoms with Crippen LogP contribution in [0.5, 0.6) is 0 Å². The Balaban J connectivity index is 2.19. The SMILES string of the molecule is NCC1CCCCCC1c1ccc(C(F)(F)F)cc1. The van der Waals surface area contributed by atoms with Crippen LogP contribution in [0.1, 0.15) is 49.1 Å². The lowest BCUT2D eigenvalue weighted by atomic mass is 9.82. The van der Waals surface area contributed by atoms with Crippen molar-refractivity contribution in [3.63, 3.8) is 0 Å². The number of halogens is 3. The fourth-order valence-electron chi connectivity index (χ4n) is 3.02. The third kappa shape index (κ3) is 3.50. The Labute approximate surface area is 112 Å². The molecular weight excluding hydrogens is 251 g/mol. The average molecular weight is 271 g/mol. The van der Waals surface area contributed by atoms with E-state index in [9.17, 15) is 13.2 Å². The van der Waals surface area contributed by atoms with Gasteiger partial charge in [-0.25, -0.2) is 0 Å². The van der Waals surface area contributed by atoms with E-state index in [-0.39, 0.29) is 0 Å². The zero-order chi connectivity index (χ0) is 13.9. The molecule has 1 aromatic carbocycles. The van der Waals surface area contributed by atoms with Crippen molar-refractivity contribution < 1.29 is 13.2 Å². The second kappa shape index (κ2) is 5.95. The van der Waals surface area contributed by atoms with Crippen LogP contribution in [-0.4, -0.2) is 6.54 Å². The Kier molecular flexibility index (Phi) is 4.50. The van der Waals surface area contributed by atoms with Gasteiger partial charge in [-0.3, -0.25) is 0 Å². The molecule has 0 aromatic heterocycles. The Morgan fingerprint density at radius 1 is 1.00 bits per heavy atom. The zero-order valence-electron chi connectivity index (χ0n) is 10.9. The average Bonchev–Trinajstić information content (AvgIpc) is 2.62. The molecule has 1 saturated carbocycles. The number of hydrogen-bond donors (Lipinski definition) is 1. The van der Waals surface area contributed by atoms with Crippen LogP contribution in [0.2, 0.25) is 0 Å². The maximum atomic E-state index is 12.5. The van der Waals surface area contributed by atoms with Crippen molar-refractivity contribution in [1.29, 1.82) is 0 Å². The Morgan fingerprint density at radius 3 is 2.21 bits per heavy atom. The maximum absolute atomic E-state index is 12.5. The van der Waals surface area contributed by atoms with Crippen molar-refractivity contribution in [2.45, 2.75) is 44.2 Å². The van der Waals surface area contributed by atoms with Crippen LogP contribution in [0, 0.1) is 5.92 Å². The first-order valence-corrected chi connectivity index (χ1v) is 6.89. The summed E-state index contributed by atoms with van der Waals surface area (Å²) in [6, 6.07) is 5.63. The molecule has 0 heterocycles. The number of nitrogens with two attached hydrogens (primary N) is 1. The van der Waals surface area contributed by atoms with Gasteiger partial charge in [0.05, 0.1) is 5.56 Å². The maximum Gasteiger partial charge on any atom is 0.416 e. The quantitative estimate of drug-likeness (QED) is 0.796. The molecule has 1 fully saturated rings. The van der Waals surface area contributed by atoms with Crippen molar-refractivity contribution in [1.82, 2.24) is 0 Å². The molecule has 0 radical (unpaired) electrons.